The van der Waals surface area contributed by atoms with Crippen LogP contribution in [0.25, 0.3) is 22.2 Å². The van der Waals surface area contributed by atoms with Crippen molar-refractivity contribution in [3.63, 3.8) is 0 Å². The van der Waals surface area contributed by atoms with Crippen LogP contribution in [0.2, 0.25) is 0 Å². The Bertz CT molecular complexity index is 1090. The summed E-state index contributed by atoms with van der Waals surface area (Å²) in [5.74, 6) is -0.240. The highest BCUT2D eigenvalue weighted by Gasteiger charge is 2.32. The van der Waals surface area contributed by atoms with Gasteiger partial charge in [0.05, 0.1) is 33.1 Å². The Balaban J connectivity index is 1.71. The lowest BCUT2D eigenvalue weighted by atomic mass is 10.1. The van der Waals surface area contributed by atoms with Gasteiger partial charge in [0.2, 0.25) is 0 Å². The van der Waals surface area contributed by atoms with Crippen molar-refractivity contribution in [1.29, 1.82) is 0 Å². The fourth-order valence-electron chi connectivity index (χ4n) is 2.97. The molecule has 0 bridgehead atoms. The highest BCUT2D eigenvalue weighted by molar-refractivity contribution is 7.16. The Kier molecular flexibility index (Phi) is 3.96. The van der Waals surface area contributed by atoms with Crippen molar-refractivity contribution in [2.45, 2.75) is 13.1 Å². The average molecular weight is 389 g/mol. The minimum absolute atomic E-state index is 0.240. The van der Waals surface area contributed by atoms with Crippen LogP contribution in [0.3, 0.4) is 0 Å². The first kappa shape index (κ1) is 17.5. The minimum Gasteiger partial charge on any atom is -0.349 e. The van der Waals surface area contributed by atoms with Crippen LogP contribution in [-0.2, 0) is 18.0 Å². The second kappa shape index (κ2) is 6.09. The number of nitrogens with one attached hydrogen (secondary N) is 1. The highest BCUT2D eigenvalue weighted by atomic mass is 32.1. The van der Waals surface area contributed by atoms with Crippen molar-refractivity contribution in [2.75, 3.05) is 5.32 Å². The quantitative estimate of drug-likeness (QED) is 0.629. The van der Waals surface area contributed by atoms with E-state index in [4.69, 9.17) is 0 Å². The third kappa shape index (κ3) is 3.16. The first-order valence-electron chi connectivity index (χ1n) is 8.07. The molecule has 0 aromatic carbocycles. The zero-order valence-corrected chi connectivity index (χ0v) is 15.2. The molecular formula is C19H14F3N3OS. The largest absolute Gasteiger partial charge is 0.417 e. The summed E-state index contributed by atoms with van der Waals surface area (Å²) in [6.45, 7) is 1.84. The van der Waals surface area contributed by atoms with Crippen molar-refractivity contribution in [2.24, 2.45) is 7.05 Å². The maximum atomic E-state index is 12.9. The molecule has 1 N–H and O–H groups in total. The summed E-state index contributed by atoms with van der Waals surface area (Å²) in [4.78, 5) is 18.1. The van der Waals surface area contributed by atoms with Crippen molar-refractivity contribution in [3.8, 4) is 10.6 Å². The molecule has 8 heteroatoms. The second-order valence-electron chi connectivity index (χ2n) is 6.29. The fraction of sp³-hybridized carbons (Fsp3) is 0.158. The van der Waals surface area contributed by atoms with E-state index in [2.05, 4.69) is 10.3 Å². The lowest BCUT2D eigenvalue weighted by Gasteiger charge is -2.00. The van der Waals surface area contributed by atoms with Crippen molar-refractivity contribution < 1.29 is 18.0 Å². The van der Waals surface area contributed by atoms with Gasteiger partial charge in [-0.3, -0.25) is 9.78 Å². The van der Waals surface area contributed by atoms with E-state index in [1.54, 1.807) is 31.3 Å². The average Bonchev–Trinajstić information content (AvgIpc) is 3.26. The molecule has 1 amide bonds. The summed E-state index contributed by atoms with van der Waals surface area (Å²) < 4.78 is 40.2. The first-order chi connectivity index (χ1) is 12.7. The van der Waals surface area contributed by atoms with Crippen LogP contribution in [-0.4, -0.2) is 15.5 Å². The van der Waals surface area contributed by atoms with Gasteiger partial charge >= 0.3 is 6.18 Å². The van der Waals surface area contributed by atoms with Gasteiger partial charge in [-0.2, -0.15) is 13.2 Å². The molecule has 0 atom stereocenters. The number of fused-ring (bicyclic) bond motifs is 1. The van der Waals surface area contributed by atoms with Crippen LogP contribution in [0.1, 0.15) is 21.8 Å². The van der Waals surface area contributed by atoms with Crippen molar-refractivity contribution >= 4 is 34.6 Å². The number of hydrogen-bond donors (Lipinski definition) is 1. The van der Waals surface area contributed by atoms with Gasteiger partial charge in [0.1, 0.15) is 0 Å². The van der Waals surface area contributed by atoms with E-state index in [0.717, 1.165) is 22.8 Å². The molecule has 0 saturated heterocycles. The molecule has 1 aliphatic rings. The predicted molar refractivity (Wildman–Crippen MR) is 99.2 cm³/mol. The molecule has 4 nitrogen and oxygen atoms in total. The number of aryl methyl sites for hydroxylation is 2. The number of nitrogens with zero attached hydrogens (tertiary/aromatic N) is 2. The second-order valence-corrected chi connectivity index (χ2v) is 7.40. The van der Waals surface area contributed by atoms with Gasteiger partial charge in [0.25, 0.3) is 5.91 Å². The minimum atomic E-state index is -4.38. The zero-order valence-electron chi connectivity index (χ0n) is 14.4. The van der Waals surface area contributed by atoms with Crippen LogP contribution in [0, 0.1) is 6.92 Å². The normalized spacial score (nSPS) is 15.3. The summed E-state index contributed by atoms with van der Waals surface area (Å²) in [6.07, 6.45) is -1.59. The van der Waals surface area contributed by atoms with Crippen LogP contribution in [0.5, 0.6) is 0 Å². The molecular weight excluding hydrogens is 375 g/mol. The van der Waals surface area contributed by atoms with Gasteiger partial charge in [-0.05, 0) is 43.3 Å². The number of rotatable bonds is 2. The highest BCUT2D eigenvalue weighted by Crippen LogP contribution is 2.37. The lowest BCUT2D eigenvalue weighted by Crippen LogP contribution is -2.03. The van der Waals surface area contributed by atoms with Crippen LogP contribution in [0.15, 0.2) is 36.5 Å². The molecule has 0 radical (unpaired) electrons. The van der Waals surface area contributed by atoms with Gasteiger partial charge in [0, 0.05) is 23.8 Å². The Morgan fingerprint density at radius 3 is 2.70 bits per heavy atom. The number of thiophene rings is 1. The summed E-state index contributed by atoms with van der Waals surface area (Å²) >= 11 is 1.32. The summed E-state index contributed by atoms with van der Waals surface area (Å²) in [5, 5.41) is 2.77. The zero-order chi connectivity index (χ0) is 19.3. The molecule has 4 heterocycles. The summed E-state index contributed by atoms with van der Waals surface area (Å²) in [7, 11) is 1.58. The van der Waals surface area contributed by atoms with Crippen LogP contribution >= 0.6 is 11.3 Å². The number of aromatic nitrogens is 2. The topological polar surface area (TPSA) is 46.9 Å². The number of pyridine rings is 1. The van der Waals surface area contributed by atoms with E-state index in [9.17, 15) is 18.0 Å². The number of alkyl halides is 3. The van der Waals surface area contributed by atoms with Crippen molar-refractivity contribution in [3.05, 3.63) is 58.4 Å². The summed E-state index contributed by atoms with van der Waals surface area (Å²) in [5.41, 5.74) is 2.29. The molecule has 1 aliphatic heterocycles. The lowest BCUT2D eigenvalue weighted by molar-refractivity contribution is -0.137. The molecule has 0 saturated carbocycles. The van der Waals surface area contributed by atoms with E-state index >= 15 is 0 Å². The SMILES string of the molecule is Cc1ccc2c(n1)C(=Cc1ccc(-c3cc(C(F)(F)F)cn3C)s1)C(=O)N2. The number of carbonyl (C=O) groups is 1. The smallest absolute Gasteiger partial charge is 0.349 e. The monoisotopic (exact) mass is 389 g/mol. The van der Waals surface area contributed by atoms with Gasteiger partial charge in [-0.1, -0.05) is 0 Å². The fourth-order valence-corrected chi connectivity index (χ4v) is 3.98. The Labute approximate surface area is 157 Å². The van der Waals surface area contributed by atoms with E-state index in [0.29, 0.717) is 27.5 Å². The predicted octanol–water partition coefficient (Wildman–Crippen LogP) is 4.97. The van der Waals surface area contributed by atoms with E-state index in [1.165, 1.54) is 15.9 Å². The Morgan fingerprint density at radius 2 is 2.00 bits per heavy atom. The standard InChI is InChI=1S/C19H14F3N3OS/c1-10-3-5-14-17(23-10)13(18(26)24-14)8-12-4-6-16(27-12)15-7-11(9-25(15)2)19(20,21)22/h3-9H,1-2H3,(H,24,26). The first-order valence-corrected chi connectivity index (χ1v) is 8.89. The molecule has 3 aromatic heterocycles. The number of hydrogen-bond acceptors (Lipinski definition) is 3. The number of amides is 1. The number of carbonyl (C=O) groups excluding carboxylic acids is 1. The van der Waals surface area contributed by atoms with Crippen molar-refractivity contribution in [1.82, 2.24) is 9.55 Å². The molecule has 0 spiro atoms. The van der Waals surface area contributed by atoms with E-state index in [1.807, 2.05) is 13.0 Å². The Hall–Kier alpha value is -2.87. The summed E-state index contributed by atoms with van der Waals surface area (Å²) in [6, 6.07) is 8.29. The molecule has 0 unspecified atom stereocenters. The van der Waals surface area contributed by atoms with Gasteiger partial charge < -0.3 is 9.88 Å². The molecule has 4 rings (SSSR count). The molecule has 3 aromatic rings. The van der Waals surface area contributed by atoms with Gasteiger partial charge in [0.15, 0.2) is 0 Å². The molecule has 0 fully saturated rings. The molecule has 138 valence electrons. The maximum Gasteiger partial charge on any atom is 0.417 e. The third-order valence-corrected chi connectivity index (χ3v) is 5.34. The van der Waals surface area contributed by atoms with E-state index < -0.39 is 11.7 Å². The van der Waals surface area contributed by atoms with Gasteiger partial charge in [-0.15, -0.1) is 11.3 Å². The van der Waals surface area contributed by atoms with Crippen LogP contribution in [0.4, 0.5) is 18.9 Å². The van der Waals surface area contributed by atoms with Crippen LogP contribution < -0.4 is 5.32 Å². The Morgan fingerprint density at radius 1 is 1.22 bits per heavy atom. The third-order valence-electron chi connectivity index (χ3n) is 4.28. The van der Waals surface area contributed by atoms with Gasteiger partial charge in [-0.25, -0.2) is 0 Å². The number of anilines is 1. The van der Waals surface area contributed by atoms with E-state index in [-0.39, 0.29) is 5.91 Å². The molecule has 0 aliphatic carbocycles. The molecule has 27 heavy (non-hydrogen) atoms. The number of halogens is 3. The maximum absolute atomic E-state index is 12.9.